The number of hydrogen-bond donors (Lipinski definition) is 2. The van der Waals surface area contributed by atoms with Crippen LogP contribution >= 0.6 is 0 Å². The summed E-state index contributed by atoms with van der Waals surface area (Å²) in [6.07, 6.45) is 1.56. The van der Waals surface area contributed by atoms with E-state index in [1.807, 2.05) is 0 Å². The number of pyridine rings is 1. The Morgan fingerprint density at radius 2 is 2.36 bits per heavy atom. The van der Waals surface area contributed by atoms with E-state index in [1.54, 1.807) is 12.3 Å². The maximum Gasteiger partial charge on any atom is 0.252 e. The van der Waals surface area contributed by atoms with Crippen molar-refractivity contribution < 1.29 is 5.11 Å². The van der Waals surface area contributed by atoms with Crippen LogP contribution in [0.5, 0.6) is 0 Å². The first kappa shape index (κ1) is 7.81. The molecular weight excluding hydrogens is 144 g/mol. The second kappa shape index (κ2) is 3.21. The Bertz CT molecular complexity index is 293. The molecule has 0 spiro atoms. The normalized spacial score (nSPS) is 9.91. The van der Waals surface area contributed by atoms with E-state index >= 15 is 0 Å². The number of nitrogens with two attached hydrogens (primary N) is 1. The molecule has 0 amide bonds. The summed E-state index contributed by atoms with van der Waals surface area (Å²) in [5.74, 6) is 0. The van der Waals surface area contributed by atoms with E-state index in [0.29, 0.717) is 12.2 Å². The van der Waals surface area contributed by atoms with Crippen molar-refractivity contribution in [3.05, 3.63) is 28.7 Å². The highest BCUT2D eigenvalue weighted by Gasteiger charge is 1.93. The van der Waals surface area contributed by atoms with Gasteiger partial charge in [-0.15, -0.1) is 0 Å². The van der Waals surface area contributed by atoms with Gasteiger partial charge in [0, 0.05) is 24.5 Å². The zero-order valence-corrected chi connectivity index (χ0v) is 6.03. The van der Waals surface area contributed by atoms with Crippen molar-refractivity contribution >= 4 is 5.69 Å². The maximum atomic E-state index is 11.0. The van der Waals surface area contributed by atoms with Crippen LogP contribution in [0.2, 0.25) is 0 Å². The van der Waals surface area contributed by atoms with E-state index in [1.165, 1.54) is 10.6 Å². The van der Waals surface area contributed by atoms with Crippen LogP contribution in [-0.2, 0) is 6.54 Å². The molecule has 0 radical (unpaired) electrons. The van der Waals surface area contributed by atoms with Crippen LogP contribution in [0.4, 0.5) is 5.69 Å². The number of aromatic nitrogens is 1. The quantitative estimate of drug-likeness (QED) is 0.599. The summed E-state index contributed by atoms with van der Waals surface area (Å²) < 4.78 is 1.40. The molecule has 0 bridgehead atoms. The fourth-order valence-electron chi connectivity index (χ4n) is 0.816. The highest BCUT2D eigenvalue weighted by atomic mass is 16.3. The highest BCUT2D eigenvalue weighted by molar-refractivity contribution is 5.34. The van der Waals surface area contributed by atoms with Crippen molar-refractivity contribution in [1.82, 2.24) is 4.57 Å². The van der Waals surface area contributed by atoms with Crippen molar-refractivity contribution in [3.8, 4) is 0 Å². The van der Waals surface area contributed by atoms with Gasteiger partial charge in [0.2, 0.25) is 0 Å². The van der Waals surface area contributed by atoms with Gasteiger partial charge in [0.05, 0.1) is 6.61 Å². The molecule has 1 heterocycles. The molecule has 0 fully saturated rings. The van der Waals surface area contributed by atoms with E-state index in [4.69, 9.17) is 10.8 Å². The lowest BCUT2D eigenvalue weighted by Crippen LogP contribution is -2.20. The van der Waals surface area contributed by atoms with Crippen molar-refractivity contribution in [2.75, 3.05) is 12.3 Å². The average molecular weight is 154 g/mol. The van der Waals surface area contributed by atoms with E-state index in [0.717, 1.165) is 0 Å². The van der Waals surface area contributed by atoms with Crippen LogP contribution in [0.1, 0.15) is 0 Å². The van der Waals surface area contributed by atoms with Gasteiger partial charge in [-0.2, -0.15) is 0 Å². The minimum Gasteiger partial charge on any atom is -0.399 e. The number of hydrogen-bond acceptors (Lipinski definition) is 3. The summed E-state index contributed by atoms with van der Waals surface area (Å²) in [7, 11) is 0. The Balaban J connectivity index is 3.00. The molecule has 1 rings (SSSR count). The van der Waals surface area contributed by atoms with E-state index in [2.05, 4.69) is 0 Å². The molecular formula is C7H10N2O2. The van der Waals surface area contributed by atoms with Crippen molar-refractivity contribution in [1.29, 1.82) is 0 Å². The fraction of sp³-hybridized carbons (Fsp3) is 0.286. The van der Waals surface area contributed by atoms with Crippen LogP contribution in [0.15, 0.2) is 23.1 Å². The van der Waals surface area contributed by atoms with Gasteiger partial charge in [0.1, 0.15) is 0 Å². The molecule has 4 nitrogen and oxygen atoms in total. The number of rotatable bonds is 2. The van der Waals surface area contributed by atoms with Gasteiger partial charge in [0.25, 0.3) is 5.56 Å². The molecule has 0 saturated heterocycles. The molecule has 0 unspecified atom stereocenters. The average Bonchev–Trinajstić information content (AvgIpc) is 1.95. The SMILES string of the molecule is Nc1ccn(CCO)c(=O)c1. The summed E-state index contributed by atoms with van der Waals surface area (Å²) in [5, 5.41) is 8.52. The predicted octanol–water partition coefficient (Wildman–Crippen LogP) is -0.577. The van der Waals surface area contributed by atoms with E-state index < -0.39 is 0 Å². The van der Waals surface area contributed by atoms with Crippen LogP contribution < -0.4 is 11.3 Å². The third-order valence-electron chi connectivity index (χ3n) is 1.36. The van der Waals surface area contributed by atoms with Crippen LogP contribution in [-0.4, -0.2) is 16.3 Å². The van der Waals surface area contributed by atoms with Gasteiger partial charge in [-0.05, 0) is 6.07 Å². The summed E-state index contributed by atoms with van der Waals surface area (Å²) in [6, 6.07) is 2.95. The zero-order valence-electron chi connectivity index (χ0n) is 6.03. The Hall–Kier alpha value is -1.29. The lowest BCUT2D eigenvalue weighted by molar-refractivity contribution is 0.274. The topological polar surface area (TPSA) is 68.2 Å². The summed E-state index contributed by atoms with van der Waals surface area (Å²) in [4.78, 5) is 11.0. The Morgan fingerprint density at radius 3 is 2.91 bits per heavy atom. The largest absolute Gasteiger partial charge is 0.399 e. The van der Waals surface area contributed by atoms with Gasteiger partial charge in [-0.1, -0.05) is 0 Å². The Labute approximate surface area is 63.9 Å². The third-order valence-corrected chi connectivity index (χ3v) is 1.36. The lowest BCUT2D eigenvalue weighted by atomic mass is 10.4. The molecule has 1 aromatic heterocycles. The molecule has 0 saturated carbocycles. The number of aliphatic hydroxyl groups is 1. The minimum absolute atomic E-state index is 0.0379. The van der Waals surface area contributed by atoms with Crippen LogP contribution in [0.3, 0.4) is 0 Å². The number of nitrogens with zero attached hydrogens (tertiary/aromatic N) is 1. The molecule has 11 heavy (non-hydrogen) atoms. The summed E-state index contributed by atoms with van der Waals surface area (Å²) in [5.41, 5.74) is 5.61. The van der Waals surface area contributed by atoms with E-state index in [9.17, 15) is 4.79 Å². The van der Waals surface area contributed by atoms with Crippen LogP contribution in [0, 0.1) is 0 Å². The van der Waals surface area contributed by atoms with Gasteiger partial charge >= 0.3 is 0 Å². The Kier molecular flexibility index (Phi) is 2.28. The number of anilines is 1. The smallest absolute Gasteiger partial charge is 0.252 e. The zero-order chi connectivity index (χ0) is 8.27. The first-order valence-corrected chi connectivity index (χ1v) is 3.31. The van der Waals surface area contributed by atoms with Gasteiger partial charge < -0.3 is 15.4 Å². The molecule has 0 aromatic carbocycles. The molecule has 4 heteroatoms. The molecule has 3 N–H and O–H groups in total. The first-order valence-electron chi connectivity index (χ1n) is 3.31. The van der Waals surface area contributed by atoms with Gasteiger partial charge in [0.15, 0.2) is 0 Å². The van der Waals surface area contributed by atoms with Gasteiger partial charge in [-0.3, -0.25) is 4.79 Å². The number of nitrogen functional groups attached to an aromatic ring is 1. The molecule has 0 aliphatic rings. The van der Waals surface area contributed by atoms with Gasteiger partial charge in [-0.25, -0.2) is 0 Å². The second-order valence-electron chi connectivity index (χ2n) is 2.22. The lowest BCUT2D eigenvalue weighted by Gasteiger charge is -2.01. The molecule has 60 valence electrons. The monoisotopic (exact) mass is 154 g/mol. The Morgan fingerprint density at radius 1 is 1.64 bits per heavy atom. The summed E-state index contributed by atoms with van der Waals surface area (Å²) >= 11 is 0. The third kappa shape index (κ3) is 1.81. The standard InChI is InChI=1S/C7H10N2O2/c8-6-1-2-9(3-4-10)7(11)5-6/h1-2,5,10H,3-4,8H2. The van der Waals surface area contributed by atoms with Crippen molar-refractivity contribution in [2.24, 2.45) is 0 Å². The maximum absolute atomic E-state index is 11.0. The van der Waals surface area contributed by atoms with E-state index in [-0.39, 0.29) is 12.2 Å². The minimum atomic E-state index is -0.181. The fourth-order valence-corrected chi connectivity index (χ4v) is 0.816. The molecule has 0 aliphatic heterocycles. The highest BCUT2D eigenvalue weighted by Crippen LogP contribution is 1.93. The molecule has 0 aliphatic carbocycles. The number of aliphatic hydroxyl groups excluding tert-OH is 1. The van der Waals surface area contributed by atoms with Crippen LogP contribution in [0.25, 0.3) is 0 Å². The van der Waals surface area contributed by atoms with Crippen molar-refractivity contribution in [2.45, 2.75) is 6.54 Å². The predicted molar refractivity (Wildman–Crippen MR) is 42.2 cm³/mol. The second-order valence-corrected chi connectivity index (χ2v) is 2.22. The molecule has 0 atom stereocenters. The molecule has 1 aromatic rings. The van der Waals surface area contributed by atoms with Crippen molar-refractivity contribution in [3.63, 3.8) is 0 Å². The summed E-state index contributed by atoms with van der Waals surface area (Å²) in [6.45, 7) is 0.281. The first-order chi connectivity index (χ1) is 5.24.